The molecule has 0 amide bonds. The Bertz CT molecular complexity index is 1650. The van der Waals surface area contributed by atoms with E-state index in [1.807, 2.05) is 0 Å². The zero-order valence-electron chi connectivity index (χ0n) is 22.0. The van der Waals surface area contributed by atoms with Gasteiger partial charge in [-0.05, 0) is 62.5 Å². The monoisotopic (exact) mass is 481 g/mol. The lowest BCUT2D eigenvalue weighted by Gasteiger charge is -2.19. The van der Waals surface area contributed by atoms with Gasteiger partial charge in [0.15, 0.2) is 0 Å². The molecule has 0 heterocycles. The molecule has 0 aliphatic carbocycles. The van der Waals surface area contributed by atoms with Crippen molar-refractivity contribution in [3.63, 3.8) is 0 Å². The van der Waals surface area contributed by atoms with E-state index in [0.717, 1.165) is 17.0 Å². The Morgan fingerprint density at radius 1 is 0.541 bits per heavy atom. The first-order valence-electron chi connectivity index (χ1n) is 12.7. The number of nitrogens with zero attached hydrogens (tertiary/aromatic N) is 2. The van der Waals surface area contributed by atoms with Gasteiger partial charge in [-0.2, -0.15) is 0 Å². The van der Waals surface area contributed by atoms with Crippen LogP contribution in [0.3, 0.4) is 0 Å². The summed E-state index contributed by atoms with van der Waals surface area (Å²) >= 11 is 0. The van der Waals surface area contributed by atoms with Crippen molar-refractivity contribution >= 4 is 38.5 Å². The van der Waals surface area contributed by atoms with Crippen molar-refractivity contribution < 1.29 is 4.58 Å². The molecule has 0 N–H and O–H groups in total. The summed E-state index contributed by atoms with van der Waals surface area (Å²) < 4.78 is 2.20. The summed E-state index contributed by atoms with van der Waals surface area (Å²) in [6.45, 7) is 0. The fourth-order valence-electron chi connectivity index (χ4n) is 4.77. The molecule has 0 bridgehead atoms. The lowest BCUT2D eigenvalue weighted by atomic mass is 9.96. The Kier molecular flexibility index (Phi) is 7.00. The van der Waals surface area contributed by atoms with E-state index in [1.54, 1.807) is 0 Å². The van der Waals surface area contributed by atoms with Gasteiger partial charge >= 0.3 is 0 Å². The summed E-state index contributed by atoms with van der Waals surface area (Å²) in [5, 5.41) is 5.00. The second-order valence-electron chi connectivity index (χ2n) is 9.79. The summed E-state index contributed by atoms with van der Waals surface area (Å²) in [5.41, 5.74) is 7.07. The minimum Gasteiger partial charge on any atom is -0.377 e. The maximum Gasteiger partial charge on any atom is 0.207 e. The van der Waals surface area contributed by atoms with Crippen molar-refractivity contribution in [2.75, 3.05) is 28.2 Å². The number of hydrogen-bond acceptors (Lipinski definition) is 1. The molecule has 0 spiro atoms. The standard InChI is InChI=1S/C35H33N2/c1-36(2)34(31-20-18-27-14-8-10-16-29(27)22-31)24-33(26-12-6-5-7-13-26)25-35(37(3)4)32-21-19-28-15-9-11-17-30(28)23-32/h5-25H,1-4H3/q+1. The molecule has 182 valence electrons. The molecule has 5 aromatic rings. The van der Waals surface area contributed by atoms with Gasteiger partial charge in [0.25, 0.3) is 0 Å². The van der Waals surface area contributed by atoms with E-state index in [0.29, 0.717) is 0 Å². The third-order valence-electron chi connectivity index (χ3n) is 6.75. The SMILES string of the molecule is CN(C)/C(=C\C(=C\C(c1ccc2ccccc2c1)=[N+](C)C)c1ccccc1)c1ccc2ccccc2c1. The van der Waals surface area contributed by atoms with Crippen LogP contribution in [-0.4, -0.2) is 43.4 Å². The van der Waals surface area contributed by atoms with Gasteiger partial charge in [0.2, 0.25) is 5.71 Å². The van der Waals surface area contributed by atoms with Gasteiger partial charge in [-0.3, -0.25) is 0 Å². The van der Waals surface area contributed by atoms with Gasteiger partial charge in [0.05, 0.1) is 0 Å². The van der Waals surface area contributed by atoms with E-state index in [1.165, 1.54) is 38.2 Å². The molecule has 0 radical (unpaired) electrons. The van der Waals surface area contributed by atoms with Gasteiger partial charge in [0.1, 0.15) is 14.1 Å². The largest absolute Gasteiger partial charge is 0.377 e. The predicted molar refractivity (Wildman–Crippen MR) is 160 cm³/mol. The highest BCUT2D eigenvalue weighted by molar-refractivity contribution is 6.12. The molecule has 37 heavy (non-hydrogen) atoms. The number of hydrogen-bond donors (Lipinski definition) is 0. The second-order valence-corrected chi connectivity index (χ2v) is 9.79. The van der Waals surface area contributed by atoms with Gasteiger partial charge in [-0.1, -0.05) is 97.1 Å². The zero-order valence-corrected chi connectivity index (χ0v) is 22.0. The lowest BCUT2D eigenvalue weighted by molar-refractivity contribution is -0.463. The van der Waals surface area contributed by atoms with Crippen molar-refractivity contribution in [2.45, 2.75) is 0 Å². The number of fused-ring (bicyclic) bond motifs is 2. The fourth-order valence-corrected chi connectivity index (χ4v) is 4.77. The minimum atomic E-state index is 1.16. The fraction of sp³-hybridized carbons (Fsp3) is 0.114. The molecule has 0 aliphatic rings. The van der Waals surface area contributed by atoms with Gasteiger partial charge < -0.3 is 4.90 Å². The Labute approximate surface area is 220 Å². The molecule has 5 aromatic carbocycles. The highest BCUT2D eigenvalue weighted by atomic mass is 15.1. The van der Waals surface area contributed by atoms with Crippen LogP contribution in [0.1, 0.15) is 16.7 Å². The molecule has 0 fully saturated rings. The van der Waals surface area contributed by atoms with Crippen molar-refractivity contribution in [1.82, 2.24) is 4.90 Å². The van der Waals surface area contributed by atoms with Gasteiger partial charge in [-0.25, -0.2) is 4.58 Å². The average molecular weight is 482 g/mol. The topological polar surface area (TPSA) is 6.25 Å². The van der Waals surface area contributed by atoms with Gasteiger partial charge in [0, 0.05) is 31.4 Å². The van der Waals surface area contributed by atoms with Crippen LogP contribution in [0, 0.1) is 0 Å². The number of rotatable bonds is 6. The van der Waals surface area contributed by atoms with Gasteiger partial charge in [-0.15, -0.1) is 0 Å². The predicted octanol–water partition coefficient (Wildman–Crippen LogP) is 7.74. The Morgan fingerprint density at radius 2 is 1.05 bits per heavy atom. The average Bonchev–Trinajstić information content (AvgIpc) is 2.93. The van der Waals surface area contributed by atoms with E-state index >= 15 is 0 Å². The maximum atomic E-state index is 2.31. The van der Waals surface area contributed by atoms with Crippen LogP contribution < -0.4 is 0 Å². The molecule has 0 aliphatic heterocycles. The van der Waals surface area contributed by atoms with Crippen LogP contribution >= 0.6 is 0 Å². The van der Waals surface area contributed by atoms with E-state index in [4.69, 9.17) is 0 Å². The Morgan fingerprint density at radius 3 is 1.62 bits per heavy atom. The van der Waals surface area contributed by atoms with Crippen LogP contribution in [0.15, 0.2) is 127 Å². The molecule has 0 unspecified atom stereocenters. The van der Waals surface area contributed by atoms with E-state index < -0.39 is 0 Å². The quantitative estimate of drug-likeness (QED) is 0.137. The van der Waals surface area contributed by atoms with E-state index in [-0.39, 0.29) is 0 Å². The lowest BCUT2D eigenvalue weighted by Crippen LogP contribution is -2.14. The summed E-state index contributed by atoms with van der Waals surface area (Å²) in [4.78, 5) is 2.20. The molecule has 0 aromatic heterocycles. The summed E-state index contributed by atoms with van der Waals surface area (Å²) in [5.74, 6) is 0. The van der Waals surface area contributed by atoms with Crippen LogP contribution in [0.2, 0.25) is 0 Å². The molecule has 2 heteroatoms. The van der Waals surface area contributed by atoms with Crippen LogP contribution in [0.5, 0.6) is 0 Å². The molecule has 2 nitrogen and oxygen atoms in total. The molecule has 5 rings (SSSR count). The second kappa shape index (κ2) is 10.7. The van der Waals surface area contributed by atoms with Crippen LogP contribution in [0.4, 0.5) is 0 Å². The highest BCUT2D eigenvalue weighted by Crippen LogP contribution is 2.28. The van der Waals surface area contributed by atoms with Crippen LogP contribution in [0.25, 0.3) is 32.8 Å². The van der Waals surface area contributed by atoms with Crippen LogP contribution in [-0.2, 0) is 0 Å². The van der Waals surface area contributed by atoms with Crippen molar-refractivity contribution in [1.29, 1.82) is 0 Å². The Balaban J connectivity index is 1.68. The maximum absolute atomic E-state index is 2.31. The molecular weight excluding hydrogens is 448 g/mol. The first-order valence-corrected chi connectivity index (χ1v) is 12.7. The first-order chi connectivity index (χ1) is 18.0. The molecular formula is C35H33N2+. The molecule has 0 saturated carbocycles. The smallest absolute Gasteiger partial charge is 0.207 e. The zero-order chi connectivity index (χ0) is 25.8. The number of allylic oxidation sites excluding steroid dienone is 3. The summed E-state index contributed by atoms with van der Waals surface area (Å²) in [6, 6.07) is 41.1. The summed E-state index contributed by atoms with van der Waals surface area (Å²) in [7, 11) is 8.46. The summed E-state index contributed by atoms with van der Waals surface area (Å²) in [6.07, 6.45) is 4.62. The normalized spacial score (nSPS) is 12.1. The van der Waals surface area contributed by atoms with Crippen molar-refractivity contribution in [2.24, 2.45) is 0 Å². The van der Waals surface area contributed by atoms with Crippen molar-refractivity contribution in [3.05, 3.63) is 144 Å². The van der Waals surface area contributed by atoms with E-state index in [9.17, 15) is 0 Å². The third-order valence-corrected chi connectivity index (χ3v) is 6.75. The Hall–Kier alpha value is -4.43. The van der Waals surface area contributed by atoms with Crippen molar-refractivity contribution in [3.8, 4) is 0 Å². The number of benzene rings is 5. The first kappa shape index (κ1) is 24.3. The minimum absolute atomic E-state index is 1.16. The highest BCUT2D eigenvalue weighted by Gasteiger charge is 2.14. The third kappa shape index (κ3) is 5.39. The molecule has 0 saturated heterocycles. The molecule has 0 atom stereocenters. The van der Waals surface area contributed by atoms with E-state index in [2.05, 4.69) is 165 Å².